The van der Waals surface area contributed by atoms with Gasteiger partial charge in [0.2, 0.25) is 5.91 Å². The summed E-state index contributed by atoms with van der Waals surface area (Å²) in [6.07, 6.45) is -15.1. The van der Waals surface area contributed by atoms with Crippen molar-refractivity contribution in [2.45, 2.75) is 67.2 Å². The number of aliphatic hydroxyl groups excluding tert-OH is 6. The molecule has 2 aliphatic rings. The Bertz CT molecular complexity index is 1730. The number of carboxylic acid groups (broad SMARTS) is 1. The van der Waals surface area contributed by atoms with Crippen LogP contribution in [-0.4, -0.2) is 149 Å². The molecule has 2 saturated heterocycles. The molecule has 2 aromatic rings. The fraction of sp³-hybridized carbons (Fsp3) is 0.500. The number of aldehydes is 1. The standard InChI is InChI=1S/C28H36N5O18P/c29-17-5-6-33(27(45)31-17)25-22(41)21(40)16(49-25)11-48-52(46,47)51-28(26(43)44)7-14(36)19(23(50-28)20(39)15(37)10-35)32-18(38)8-30-24(42)13-3-1-12(9-34)2-4-13/h1-6,9,14-16,19-23,25,35-37,39-41H,7-8,10-11H2,(H,30,42)(H,32,38)(H,43,44)(H,46,47)(H2,29,31,45)/t14?,15-,16-,19?,20?,21?,22?,23?,25-,28?/m1/s1. The molecule has 0 bridgehead atoms. The van der Waals surface area contributed by atoms with Crippen LogP contribution in [0.3, 0.4) is 0 Å². The third-order valence-corrected chi connectivity index (χ3v) is 8.99. The second kappa shape index (κ2) is 16.6. The predicted molar refractivity (Wildman–Crippen MR) is 167 cm³/mol. The van der Waals surface area contributed by atoms with E-state index in [2.05, 4.69) is 15.6 Å². The number of hydrogen-bond donors (Lipinski definition) is 11. The van der Waals surface area contributed by atoms with Crippen LogP contribution in [-0.2, 0) is 32.7 Å². The van der Waals surface area contributed by atoms with Crippen LogP contribution in [0.4, 0.5) is 5.82 Å². The van der Waals surface area contributed by atoms with Crippen molar-refractivity contribution in [2.24, 2.45) is 0 Å². The number of carbonyl (C=O) groups excluding carboxylic acids is 3. The quantitative estimate of drug-likeness (QED) is 0.0597. The number of rotatable bonds is 15. The van der Waals surface area contributed by atoms with E-state index in [1.807, 2.05) is 0 Å². The minimum atomic E-state index is -5.64. The molecule has 2 aliphatic heterocycles. The summed E-state index contributed by atoms with van der Waals surface area (Å²) in [6.45, 7) is -2.97. The van der Waals surface area contributed by atoms with E-state index in [9.17, 15) is 69.2 Å². The summed E-state index contributed by atoms with van der Waals surface area (Å²) < 4.78 is 34.2. The van der Waals surface area contributed by atoms with Gasteiger partial charge in [-0.2, -0.15) is 4.98 Å². The molecule has 0 saturated carbocycles. The molecular formula is C28H36N5O18P. The van der Waals surface area contributed by atoms with Crippen molar-refractivity contribution in [3.63, 3.8) is 0 Å². The number of nitrogens with one attached hydrogen (secondary N) is 2. The van der Waals surface area contributed by atoms with Crippen LogP contribution in [0.25, 0.3) is 0 Å². The maximum absolute atomic E-state index is 13.0. The van der Waals surface area contributed by atoms with Crippen LogP contribution >= 0.6 is 7.82 Å². The number of ether oxygens (including phenoxy) is 2. The number of hydrogen-bond acceptors (Lipinski definition) is 18. The number of carbonyl (C=O) groups is 4. The van der Waals surface area contributed by atoms with Crippen LogP contribution in [0.1, 0.15) is 33.4 Å². The highest BCUT2D eigenvalue weighted by Gasteiger charge is 2.59. The SMILES string of the molecule is Nc1ccn([C@@H]2O[C@H](COP(=O)(O)OC3(C(=O)O)CC(O)C(NC(=O)CNC(=O)c4ccc(C=O)cc4)C(C(O)[C@H](O)CO)O3)C(O)C2O)c(=O)n1. The molecule has 1 aromatic heterocycles. The van der Waals surface area contributed by atoms with Crippen LogP contribution in [0.15, 0.2) is 41.3 Å². The summed E-state index contributed by atoms with van der Waals surface area (Å²) in [6, 6.07) is 4.69. The highest BCUT2D eigenvalue weighted by Crippen LogP contribution is 2.51. The lowest BCUT2D eigenvalue weighted by Crippen LogP contribution is -2.68. The number of phosphoric acid groups is 1. The van der Waals surface area contributed by atoms with E-state index < -0.39 is 118 Å². The second-order valence-electron chi connectivity index (χ2n) is 11.6. The average Bonchev–Trinajstić information content (AvgIpc) is 3.38. The molecule has 2 fully saturated rings. The Balaban J connectivity index is 1.46. The Labute approximate surface area is 291 Å². The van der Waals surface area contributed by atoms with E-state index in [1.165, 1.54) is 30.3 Å². The molecule has 11 atom stereocenters. The summed E-state index contributed by atoms with van der Waals surface area (Å²) in [5.74, 6) is -7.45. The minimum Gasteiger partial charge on any atom is -0.477 e. The minimum absolute atomic E-state index is 0.0671. The molecule has 8 unspecified atom stereocenters. The number of aliphatic hydroxyl groups is 6. The number of nitrogens with two attached hydrogens (primary N) is 1. The first-order valence-corrected chi connectivity index (χ1v) is 16.6. The molecular weight excluding hydrogens is 725 g/mol. The largest absolute Gasteiger partial charge is 0.477 e. The summed E-state index contributed by atoms with van der Waals surface area (Å²) in [5.41, 5.74) is 4.81. The molecule has 0 aliphatic carbocycles. The van der Waals surface area contributed by atoms with Crippen molar-refractivity contribution in [3.05, 3.63) is 58.1 Å². The van der Waals surface area contributed by atoms with Gasteiger partial charge in [0.1, 0.15) is 48.7 Å². The monoisotopic (exact) mass is 761 g/mol. The number of benzene rings is 1. The fourth-order valence-electron chi connectivity index (χ4n) is 5.29. The highest BCUT2D eigenvalue weighted by atomic mass is 31.2. The number of amides is 2. The third-order valence-electron chi connectivity index (χ3n) is 7.99. The Morgan fingerprint density at radius 3 is 2.42 bits per heavy atom. The first kappa shape index (κ1) is 40.5. The third kappa shape index (κ3) is 9.22. The van der Waals surface area contributed by atoms with E-state index in [0.29, 0.717) is 6.29 Å². The number of anilines is 1. The van der Waals surface area contributed by atoms with E-state index in [0.717, 1.165) is 10.8 Å². The van der Waals surface area contributed by atoms with Crippen LogP contribution in [0, 0.1) is 0 Å². The smallest absolute Gasteiger partial charge is 0.475 e. The fourth-order valence-corrected chi connectivity index (χ4v) is 6.25. The molecule has 0 radical (unpaired) electrons. The van der Waals surface area contributed by atoms with Crippen LogP contribution < -0.4 is 22.1 Å². The Hall–Kier alpha value is -4.23. The van der Waals surface area contributed by atoms with E-state index in [1.54, 1.807) is 0 Å². The lowest BCUT2D eigenvalue weighted by molar-refractivity contribution is -0.289. The van der Waals surface area contributed by atoms with Gasteiger partial charge in [-0.05, 0) is 18.2 Å². The lowest BCUT2D eigenvalue weighted by atomic mass is 9.88. The van der Waals surface area contributed by atoms with Gasteiger partial charge in [0.25, 0.3) is 11.7 Å². The first-order chi connectivity index (χ1) is 24.4. The summed E-state index contributed by atoms with van der Waals surface area (Å²) in [7, 11) is -5.64. The molecule has 1 aromatic carbocycles. The van der Waals surface area contributed by atoms with E-state index in [-0.39, 0.29) is 16.9 Å². The van der Waals surface area contributed by atoms with E-state index >= 15 is 0 Å². The second-order valence-corrected chi connectivity index (χ2v) is 13.0. The van der Waals surface area contributed by atoms with Crippen molar-refractivity contribution >= 4 is 37.7 Å². The Kier molecular flexibility index (Phi) is 13.0. The molecule has 2 amide bonds. The molecule has 286 valence electrons. The topological polar surface area (TPSA) is 369 Å². The van der Waals surface area contributed by atoms with Crippen LogP contribution in [0.2, 0.25) is 0 Å². The van der Waals surface area contributed by atoms with Crippen molar-refractivity contribution in [1.29, 1.82) is 0 Å². The Morgan fingerprint density at radius 2 is 1.83 bits per heavy atom. The predicted octanol–water partition coefficient (Wildman–Crippen LogP) is -5.05. The maximum atomic E-state index is 13.0. The average molecular weight is 762 g/mol. The van der Waals surface area contributed by atoms with Gasteiger partial charge >= 0.3 is 19.5 Å². The molecule has 3 heterocycles. The van der Waals surface area contributed by atoms with Gasteiger partial charge in [-0.1, -0.05) is 12.1 Å². The summed E-state index contributed by atoms with van der Waals surface area (Å²) in [5, 5.41) is 76.5. The number of carboxylic acids is 1. The number of nitrogen functional groups attached to an aromatic ring is 1. The van der Waals surface area contributed by atoms with Gasteiger partial charge in [-0.25, -0.2) is 18.7 Å². The summed E-state index contributed by atoms with van der Waals surface area (Å²) in [4.78, 5) is 74.6. The molecule has 52 heavy (non-hydrogen) atoms. The number of phosphoric ester groups is 1. The zero-order valence-corrected chi connectivity index (χ0v) is 27.5. The van der Waals surface area contributed by atoms with E-state index in [4.69, 9.17) is 24.3 Å². The first-order valence-electron chi connectivity index (χ1n) is 15.2. The van der Waals surface area contributed by atoms with Gasteiger partial charge in [-0.3, -0.25) is 23.5 Å². The van der Waals surface area contributed by atoms with Crippen LogP contribution in [0.5, 0.6) is 0 Å². The lowest BCUT2D eigenvalue weighted by Gasteiger charge is -2.46. The van der Waals surface area contributed by atoms with Gasteiger partial charge < -0.3 is 66.5 Å². The zero-order chi connectivity index (χ0) is 38.5. The number of aromatic nitrogens is 2. The summed E-state index contributed by atoms with van der Waals surface area (Å²) >= 11 is 0. The number of aliphatic carboxylic acids is 1. The maximum Gasteiger partial charge on any atom is 0.475 e. The molecule has 0 spiro atoms. The molecule has 24 heteroatoms. The molecule has 12 N–H and O–H groups in total. The molecule has 23 nitrogen and oxygen atoms in total. The zero-order valence-electron chi connectivity index (χ0n) is 26.6. The van der Waals surface area contributed by atoms with Gasteiger partial charge in [0.15, 0.2) is 6.23 Å². The molecule has 4 rings (SSSR count). The normalized spacial score (nSPS) is 29.7. The highest BCUT2D eigenvalue weighted by molar-refractivity contribution is 7.47. The van der Waals surface area contributed by atoms with Crippen molar-refractivity contribution in [1.82, 2.24) is 20.2 Å². The number of nitrogens with zero attached hydrogens (tertiary/aromatic N) is 2. The Morgan fingerprint density at radius 1 is 1.15 bits per heavy atom. The van der Waals surface area contributed by atoms with Gasteiger partial charge in [0.05, 0.1) is 31.9 Å². The van der Waals surface area contributed by atoms with Crippen molar-refractivity contribution < 1.29 is 82.9 Å². The van der Waals surface area contributed by atoms with Gasteiger partial charge in [-0.15, -0.1) is 0 Å². The van der Waals surface area contributed by atoms with Crippen molar-refractivity contribution in [3.8, 4) is 0 Å². The van der Waals surface area contributed by atoms with Gasteiger partial charge in [0, 0.05) is 23.7 Å². The van der Waals surface area contributed by atoms with Crippen molar-refractivity contribution in [2.75, 3.05) is 25.5 Å².